The lowest BCUT2D eigenvalue weighted by Crippen LogP contribution is -2.14. The minimum Gasteiger partial charge on any atom is -0.322 e. The van der Waals surface area contributed by atoms with Crippen molar-refractivity contribution in [3.63, 3.8) is 0 Å². The van der Waals surface area contributed by atoms with Crippen molar-refractivity contribution >= 4 is 45.8 Å². The van der Waals surface area contributed by atoms with Crippen molar-refractivity contribution in [3.8, 4) is 0 Å². The van der Waals surface area contributed by atoms with Crippen LogP contribution < -0.4 is 10.6 Å². The van der Waals surface area contributed by atoms with Gasteiger partial charge in [0.15, 0.2) is 0 Å². The summed E-state index contributed by atoms with van der Waals surface area (Å²) in [5.41, 5.74) is 1.52. The number of amides is 2. The van der Waals surface area contributed by atoms with Gasteiger partial charge >= 0.3 is 6.18 Å². The number of nitrogens with one attached hydrogen (secondary N) is 2. The lowest BCUT2D eigenvalue weighted by atomic mass is 10.1. The number of hydrogen-bond acceptors (Lipinski definition) is 2. The molecule has 0 spiro atoms. The molecule has 154 valence electrons. The molecular formula is C22H16F3IN2O2. The molecule has 3 rings (SSSR count). The summed E-state index contributed by atoms with van der Waals surface area (Å²) in [7, 11) is 0. The SMILES string of the molecule is Cc1ccc(C(=O)Nc2ccc(C(=O)Nc3cccc(C(F)(F)F)c3)cc2)cc1I. The Hall–Kier alpha value is -2.88. The van der Waals surface area contributed by atoms with Crippen LogP contribution in [0.4, 0.5) is 24.5 Å². The molecule has 0 unspecified atom stereocenters. The van der Waals surface area contributed by atoms with Crippen LogP contribution >= 0.6 is 22.6 Å². The fourth-order valence-electron chi connectivity index (χ4n) is 2.62. The average molecular weight is 524 g/mol. The highest BCUT2D eigenvalue weighted by Crippen LogP contribution is 2.30. The first-order chi connectivity index (χ1) is 14.1. The zero-order chi connectivity index (χ0) is 21.9. The van der Waals surface area contributed by atoms with Gasteiger partial charge in [0.1, 0.15) is 0 Å². The van der Waals surface area contributed by atoms with Crippen LogP contribution in [0.1, 0.15) is 31.8 Å². The molecule has 0 radical (unpaired) electrons. The molecule has 0 saturated carbocycles. The molecule has 4 nitrogen and oxygen atoms in total. The van der Waals surface area contributed by atoms with Gasteiger partial charge in [-0.25, -0.2) is 0 Å². The first-order valence-electron chi connectivity index (χ1n) is 8.79. The molecule has 0 atom stereocenters. The van der Waals surface area contributed by atoms with Crippen LogP contribution in [0.15, 0.2) is 66.7 Å². The van der Waals surface area contributed by atoms with E-state index in [-0.39, 0.29) is 17.2 Å². The lowest BCUT2D eigenvalue weighted by Gasteiger charge is -2.10. The standard InChI is InChI=1S/C22H16F3IN2O2/c1-13-5-6-15(11-19(13)26)21(30)27-17-9-7-14(8-10-17)20(29)28-18-4-2-3-16(12-18)22(23,24)25/h2-12H,1H3,(H,27,30)(H,28,29). The summed E-state index contributed by atoms with van der Waals surface area (Å²) in [5.74, 6) is -0.839. The predicted molar refractivity (Wildman–Crippen MR) is 118 cm³/mol. The largest absolute Gasteiger partial charge is 0.416 e. The monoisotopic (exact) mass is 524 g/mol. The Balaban J connectivity index is 1.67. The molecule has 0 aliphatic heterocycles. The number of carbonyl (C=O) groups is 2. The van der Waals surface area contributed by atoms with Gasteiger partial charge in [-0.2, -0.15) is 13.2 Å². The zero-order valence-electron chi connectivity index (χ0n) is 15.7. The van der Waals surface area contributed by atoms with Gasteiger partial charge in [0.05, 0.1) is 5.56 Å². The fourth-order valence-corrected chi connectivity index (χ4v) is 3.13. The molecule has 0 fully saturated rings. The number of aryl methyl sites for hydroxylation is 1. The third-order valence-corrected chi connectivity index (χ3v) is 5.45. The van der Waals surface area contributed by atoms with Gasteiger partial charge in [-0.05, 0) is 89.7 Å². The van der Waals surface area contributed by atoms with Crippen molar-refractivity contribution in [2.45, 2.75) is 13.1 Å². The van der Waals surface area contributed by atoms with Crippen LogP contribution in [0.5, 0.6) is 0 Å². The minimum atomic E-state index is -4.49. The summed E-state index contributed by atoms with van der Waals surface area (Å²) in [4.78, 5) is 24.7. The molecule has 3 aromatic rings. The van der Waals surface area contributed by atoms with Gasteiger partial charge in [0.25, 0.3) is 11.8 Å². The lowest BCUT2D eigenvalue weighted by molar-refractivity contribution is -0.137. The maximum absolute atomic E-state index is 12.8. The molecular weight excluding hydrogens is 508 g/mol. The van der Waals surface area contributed by atoms with Crippen LogP contribution in [0, 0.1) is 10.5 Å². The molecule has 0 aliphatic rings. The molecule has 0 bridgehead atoms. The van der Waals surface area contributed by atoms with Crippen LogP contribution in [0.2, 0.25) is 0 Å². The van der Waals surface area contributed by atoms with E-state index in [1.54, 1.807) is 24.3 Å². The average Bonchev–Trinajstić information content (AvgIpc) is 2.70. The molecule has 2 N–H and O–H groups in total. The second-order valence-corrected chi connectivity index (χ2v) is 7.69. The highest BCUT2D eigenvalue weighted by atomic mass is 127. The summed E-state index contributed by atoms with van der Waals surface area (Å²) < 4.78 is 39.4. The quantitative estimate of drug-likeness (QED) is 0.404. The summed E-state index contributed by atoms with van der Waals surface area (Å²) in [6.45, 7) is 1.95. The van der Waals surface area contributed by atoms with Crippen LogP contribution in [-0.2, 0) is 6.18 Å². The minimum absolute atomic E-state index is 0.0428. The van der Waals surface area contributed by atoms with E-state index in [1.165, 1.54) is 24.3 Å². The number of benzene rings is 3. The van der Waals surface area contributed by atoms with Gasteiger partial charge < -0.3 is 10.6 Å². The van der Waals surface area contributed by atoms with Gasteiger partial charge in [0.2, 0.25) is 0 Å². The van der Waals surface area contributed by atoms with Crippen molar-refractivity contribution in [3.05, 3.63) is 92.6 Å². The third kappa shape index (κ3) is 5.38. The topological polar surface area (TPSA) is 58.2 Å². The highest BCUT2D eigenvalue weighted by Gasteiger charge is 2.30. The fraction of sp³-hybridized carbons (Fsp3) is 0.0909. The van der Waals surface area contributed by atoms with E-state index in [0.717, 1.165) is 21.3 Å². The van der Waals surface area contributed by atoms with Gasteiger partial charge in [-0.15, -0.1) is 0 Å². The number of anilines is 2. The van der Waals surface area contributed by atoms with Crippen LogP contribution in [0.25, 0.3) is 0 Å². The van der Waals surface area contributed by atoms with Crippen molar-refractivity contribution in [2.24, 2.45) is 0 Å². The molecule has 0 aliphatic carbocycles. The van der Waals surface area contributed by atoms with Gasteiger partial charge in [-0.3, -0.25) is 9.59 Å². The Labute approximate surface area is 184 Å². The van der Waals surface area contributed by atoms with Crippen molar-refractivity contribution < 1.29 is 22.8 Å². The number of rotatable bonds is 4. The third-order valence-electron chi connectivity index (χ3n) is 4.29. The molecule has 0 heterocycles. The maximum Gasteiger partial charge on any atom is 0.416 e. The second kappa shape index (κ2) is 8.86. The maximum atomic E-state index is 12.8. The van der Waals surface area contributed by atoms with Gasteiger partial charge in [-0.1, -0.05) is 12.1 Å². The summed E-state index contributed by atoms with van der Waals surface area (Å²) in [5, 5.41) is 5.19. The summed E-state index contributed by atoms with van der Waals surface area (Å²) in [6, 6.07) is 15.8. The zero-order valence-corrected chi connectivity index (χ0v) is 17.8. The predicted octanol–water partition coefficient (Wildman–Crippen LogP) is 6.12. The second-order valence-electron chi connectivity index (χ2n) is 6.53. The smallest absolute Gasteiger partial charge is 0.322 e. The Kier molecular flexibility index (Phi) is 6.45. The van der Waals surface area contributed by atoms with E-state index in [1.807, 2.05) is 13.0 Å². The first kappa shape index (κ1) is 21.8. The molecule has 0 aromatic heterocycles. The van der Waals surface area contributed by atoms with Crippen molar-refractivity contribution in [2.75, 3.05) is 10.6 Å². The van der Waals surface area contributed by atoms with E-state index in [4.69, 9.17) is 0 Å². The molecule has 2 amide bonds. The molecule has 0 saturated heterocycles. The first-order valence-corrected chi connectivity index (χ1v) is 9.87. The normalized spacial score (nSPS) is 11.1. The number of alkyl halides is 3. The Bertz CT molecular complexity index is 1100. The van der Waals surface area contributed by atoms with E-state index >= 15 is 0 Å². The summed E-state index contributed by atoms with van der Waals surface area (Å²) >= 11 is 2.15. The van der Waals surface area contributed by atoms with E-state index in [9.17, 15) is 22.8 Å². The number of halogens is 4. The number of carbonyl (C=O) groups excluding carboxylic acids is 2. The Morgan fingerprint density at radius 2 is 1.40 bits per heavy atom. The van der Waals surface area contributed by atoms with Crippen molar-refractivity contribution in [1.29, 1.82) is 0 Å². The van der Waals surface area contributed by atoms with E-state index in [2.05, 4.69) is 33.2 Å². The summed E-state index contributed by atoms with van der Waals surface area (Å²) in [6.07, 6.45) is -4.49. The van der Waals surface area contributed by atoms with E-state index < -0.39 is 17.6 Å². The molecule has 8 heteroatoms. The van der Waals surface area contributed by atoms with Gasteiger partial charge in [0, 0.05) is 26.1 Å². The molecule has 3 aromatic carbocycles. The van der Waals surface area contributed by atoms with Crippen molar-refractivity contribution in [1.82, 2.24) is 0 Å². The van der Waals surface area contributed by atoms with Crippen LogP contribution in [0.3, 0.4) is 0 Å². The Morgan fingerprint density at radius 3 is 2.03 bits per heavy atom. The molecule has 30 heavy (non-hydrogen) atoms. The van der Waals surface area contributed by atoms with Crippen LogP contribution in [-0.4, -0.2) is 11.8 Å². The Morgan fingerprint density at radius 1 is 0.800 bits per heavy atom. The number of hydrogen-bond donors (Lipinski definition) is 2. The van der Waals surface area contributed by atoms with E-state index in [0.29, 0.717) is 11.3 Å². The highest BCUT2D eigenvalue weighted by molar-refractivity contribution is 14.1.